The van der Waals surface area contributed by atoms with Crippen molar-refractivity contribution in [1.82, 2.24) is 15.3 Å². The Morgan fingerprint density at radius 2 is 2.14 bits per heavy atom. The van der Waals surface area contributed by atoms with E-state index in [0.717, 1.165) is 0 Å². The molecule has 2 heterocycles. The average molecular weight is 292 g/mol. The molecule has 1 aromatic rings. The highest BCUT2D eigenvalue weighted by Gasteiger charge is 2.26. The molecule has 112 valence electrons. The molecule has 1 aliphatic rings. The van der Waals surface area contributed by atoms with Crippen LogP contribution in [0.15, 0.2) is 12.3 Å². The van der Waals surface area contributed by atoms with Crippen molar-refractivity contribution in [3.05, 3.63) is 18.0 Å². The molecule has 8 nitrogen and oxygen atoms in total. The van der Waals surface area contributed by atoms with Gasteiger partial charge in [-0.15, -0.1) is 0 Å². The second kappa shape index (κ2) is 6.78. The van der Waals surface area contributed by atoms with Crippen LogP contribution < -0.4 is 10.2 Å². The van der Waals surface area contributed by atoms with Crippen molar-refractivity contribution in [3.63, 3.8) is 0 Å². The molecule has 8 heteroatoms. The average Bonchev–Trinajstić information content (AvgIpc) is 2.52. The zero-order valence-corrected chi connectivity index (χ0v) is 11.4. The fourth-order valence-corrected chi connectivity index (χ4v) is 2.18. The van der Waals surface area contributed by atoms with Crippen LogP contribution >= 0.6 is 0 Å². The summed E-state index contributed by atoms with van der Waals surface area (Å²) in [6.07, 6.45) is 3.12. The maximum absolute atomic E-state index is 11.7. The summed E-state index contributed by atoms with van der Waals surface area (Å²) < 4.78 is 0. The van der Waals surface area contributed by atoms with Crippen molar-refractivity contribution in [2.75, 3.05) is 24.5 Å². The lowest BCUT2D eigenvalue weighted by Gasteiger charge is -2.30. The van der Waals surface area contributed by atoms with Crippen molar-refractivity contribution < 1.29 is 19.5 Å². The van der Waals surface area contributed by atoms with Crippen LogP contribution in [-0.2, 0) is 9.59 Å². The lowest BCUT2D eigenvalue weighted by molar-refractivity contribution is -0.142. The molecule has 1 aromatic heterocycles. The summed E-state index contributed by atoms with van der Waals surface area (Å²) in [5.74, 6) is -1.15. The number of rotatable bonds is 5. The molecule has 0 atom stereocenters. The monoisotopic (exact) mass is 292 g/mol. The first-order valence-electron chi connectivity index (χ1n) is 6.64. The van der Waals surface area contributed by atoms with Gasteiger partial charge in [0.25, 0.3) is 5.91 Å². The maximum Gasteiger partial charge on any atom is 0.306 e. The molecule has 0 bridgehead atoms. The van der Waals surface area contributed by atoms with Crippen LogP contribution in [0.1, 0.15) is 23.3 Å². The van der Waals surface area contributed by atoms with Crippen molar-refractivity contribution >= 4 is 24.1 Å². The number of nitrogens with zero attached hydrogens (tertiary/aromatic N) is 3. The largest absolute Gasteiger partial charge is 0.481 e. The zero-order valence-electron chi connectivity index (χ0n) is 11.4. The molecule has 2 rings (SSSR count). The Bertz CT molecular complexity index is 541. The normalized spacial score (nSPS) is 15.5. The summed E-state index contributed by atoms with van der Waals surface area (Å²) in [4.78, 5) is 43.0. The van der Waals surface area contributed by atoms with E-state index < -0.39 is 11.9 Å². The number of hydrogen-bond donors (Lipinski definition) is 2. The number of aliphatic carboxylic acids is 1. The van der Waals surface area contributed by atoms with Crippen molar-refractivity contribution in [2.45, 2.75) is 12.8 Å². The van der Waals surface area contributed by atoms with Crippen LogP contribution in [-0.4, -0.2) is 52.9 Å². The van der Waals surface area contributed by atoms with Crippen LogP contribution in [0.5, 0.6) is 0 Å². The molecule has 1 aliphatic heterocycles. The van der Waals surface area contributed by atoms with Gasteiger partial charge in [0, 0.05) is 19.3 Å². The summed E-state index contributed by atoms with van der Waals surface area (Å²) in [6, 6.07) is 1.47. The van der Waals surface area contributed by atoms with E-state index >= 15 is 0 Å². The van der Waals surface area contributed by atoms with Gasteiger partial charge in [-0.1, -0.05) is 0 Å². The predicted molar refractivity (Wildman–Crippen MR) is 73.0 cm³/mol. The van der Waals surface area contributed by atoms with Gasteiger partial charge >= 0.3 is 5.97 Å². The van der Waals surface area contributed by atoms with Gasteiger partial charge in [-0.25, -0.2) is 9.97 Å². The van der Waals surface area contributed by atoms with E-state index in [1.54, 1.807) is 0 Å². The smallest absolute Gasteiger partial charge is 0.306 e. The van der Waals surface area contributed by atoms with Crippen molar-refractivity contribution in [1.29, 1.82) is 0 Å². The number of hydrogen-bond acceptors (Lipinski definition) is 6. The number of amides is 1. The summed E-state index contributed by atoms with van der Waals surface area (Å²) in [5, 5.41) is 11.4. The molecular formula is C13H16N4O4. The molecule has 0 unspecified atom stereocenters. The highest BCUT2D eigenvalue weighted by Crippen LogP contribution is 2.20. The van der Waals surface area contributed by atoms with Crippen LogP contribution in [0.2, 0.25) is 0 Å². The summed E-state index contributed by atoms with van der Waals surface area (Å²) in [6.45, 7) is 1.01. The van der Waals surface area contributed by atoms with Crippen molar-refractivity contribution in [2.24, 2.45) is 5.92 Å². The maximum atomic E-state index is 11.7. The molecule has 0 aliphatic carbocycles. The first-order chi connectivity index (χ1) is 10.1. The lowest BCUT2D eigenvalue weighted by atomic mass is 9.97. The number of carbonyl (C=O) groups is 3. The van der Waals surface area contributed by atoms with Gasteiger partial charge in [0.15, 0.2) is 0 Å². The Morgan fingerprint density at radius 1 is 1.43 bits per heavy atom. The first-order valence-corrected chi connectivity index (χ1v) is 6.64. The number of aldehydes is 1. The van der Waals surface area contributed by atoms with E-state index in [9.17, 15) is 14.4 Å². The van der Waals surface area contributed by atoms with Gasteiger partial charge in [-0.05, 0) is 18.9 Å². The standard InChI is InChI=1S/C13H16N4O4/c18-8-5-14-11(19)10-1-4-15-13(16-10)17-6-2-9(3-7-17)12(20)21/h1,4,8-9H,2-3,5-7H2,(H,14,19)(H,20,21). The summed E-state index contributed by atoms with van der Waals surface area (Å²) in [5.41, 5.74) is 0.183. The summed E-state index contributed by atoms with van der Waals surface area (Å²) in [7, 11) is 0. The third-order valence-electron chi connectivity index (χ3n) is 3.35. The Labute approximate surface area is 121 Å². The Balaban J connectivity index is 2.03. The number of piperidine rings is 1. The number of anilines is 1. The number of carboxylic acids is 1. The minimum Gasteiger partial charge on any atom is -0.481 e. The van der Waals surface area contributed by atoms with Gasteiger partial charge in [-0.3, -0.25) is 9.59 Å². The SMILES string of the molecule is O=CCNC(=O)c1ccnc(N2CCC(C(=O)O)CC2)n1. The molecule has 0 aromatic carbocycles. The number of carbonyl (C=O) groups excluding carboxylic acids is 2. The predicted octanol–water partition coefficient (Wildman–Crippen LogP) is -0.294. The highest BCUT2D eigenvalue weighted by molar-refractivity contribution is 5.93. The van der Waals surface area contributed by atoms with Crippen LogP contribution in [0.4, 0.5) is 5.95 Å². The third kappa shape index (κ3) is 3.74. The van der Waals surface area contributed by atoms with Gasteiger partial charge in [-0.2, -0.15) is 0 Å². The zero-order chi connectivity index (χ0) is 15.2. The fourth-order valence-electron chi connectivity index (χ4n) is 2.18. The Kier molecular flexibility index (Phi) is 4.81. The Hall–Kier alpha value is -2.51. The number of aromatic nitrogens is 2. The van der Waals surface area contributed by atoms with E-state index in [-0.39, 0.29) is 18.2 Å². The molecule has 1 fully saturated rings. The molecule has 1 saturated heterocycles. The minimum atomic E-state index is -0.780. The first kappa shape index (κ1) is 14.9. The highest BCUT2D eigenvalue weighted by atomic mass is 16.4. The molecule has 0 saturated carbocycles. The second-order valence-corrected chi connectivity index (χ2v) is 4.72. The van der Waals surface area contributed by atoms with Crippen molar-refractivity contribution in [3.8, 4) is 0 Å². The van der Waals surface area contributed by atoms with Gasteiger partial charge in [0.2, 0.25) is 5.95 Å². The number of nitrogens with one attached hydrogen (secondary N) is 1. The van der Waals surface area contributed by atoms with Gasteiger partial charge in [0.05, 0.1) is 12.5 Å². The molecule has 0 spiro atoms. The quantitative estimate of drug-likeness (QED) is 0.717. The third-order valence-corrected chi connectivity index (χ3v) is 3.35. The van der Waals surface area contributed by atoms with Crippen LogP contribution in [0, 0.1) is 5.92 Å². The fraction of sp³-hybridized carbons (Fsp3) is 0.462. The van der Waals surface area contributed by atoms with E-state index in [2.05, 4.69) is 15.3 Å². The molecular weight excluding hydrogens is 276 g/mol. The van der Waals surface area contributed by atoms with Gasteiger partial charge < -0.3 is 20.1 Å². The second-order valence-electron chi connectivity index (χ2n) is 4.72. The van der Waals surface area contributed by atoms with Gasteiger partial charge in [0.1, 0.15) is 12.0 Å². The van der Waals surface area contributed by atoms with E-state index in [1.807, 2.05) is 4.90 Å². The van der Waals surface area contributed by atoms with E-state index in [1.165, 1.54) is 12.3 Å². The van der Waals surface area contributed by atoms with Crippen LogP contribution in [0.25, 0.3) is 0 Å². The Morgan fingerprint density at radius 3 is 2.76 bits per heavy atom. The molecule has 21 heavy (non-hydrogen) atoms. The van der Waals surface area contributed by atoms with E-state index in [0.29, 0.717) is 38.2 Å². The number of carboxylic acid groups (broad SMARTS) is 1. The summed E-state index contributed by atoms with van der Waals surface area (Å²) >= 11 is 0. The minimum absolute atomic E-state index is 0.0673. The molecule has 1 amide bonds. The van der Waals surface area contributed by atoms with Crippen LogP contribution in [0.3, 0.4) is 0 Å². The van der Waals surface area contributed by atoms with E-state index in [4.69, 9.17) is 5.11 Å². The molecule has 0 radical (unpaired) electrons. The topological polar surface area (TPSA) is 112 Å². The lowest BCUT2D eigenvalue weighted by Crippen LogP contribution is -2.37. The molecule has 2 N–H and O–H groups in total.